The Morgan fingerprint density at radius 3 is 1.90 bits per heavy atom. The minimum atomic E-state index is -5.08. The third-order valence-electron chi connectivity index (χ3n) is 7.10. The van der Waals surface area contributed by atoms with Gasteiger partial charge in [0.15, 0.2) is 0 Å². The lowest BCUT2D eigenvalue weighted by Crippen LogP contribution is -2.67. The van der Waals surface area contributed by atoms with Crippen molar-refractivity contribution in [3.63, 3.8) is 0 Å². The molecule has 1 saturated heterocycles. The molecule has 2 saturated carbocycles. The normalized spacial score (nSPS) is 21.7. The number of likely N-dealkylation sites (N-methyl/N-ethyl adjacent to an activating group) is 1. The highest BCUT2D eigenvalue weighted by atomic mass is 19.4. The molecule has 3 N–H and O–H groups in total. The van der Waals surface area contributed by atoms with Gasteiger partial charge in [0.05, 0.1) is 6.54 Å². The van der Waals surface area contributed by atoms with Crippen LogP contribution in [0, 0.1) is 11.3 Å². The summed E-state index contributed by atoms with van der Waals surface area (Å²) in [5.74, 6) is -4.57. The average molecular weight is 596 g/mol. The number of rotatable bonds is 7. The van der Waals surface area contributed by atoms with Crippen molar-refractivity contribution < 1.29 is 50.9 Å². The van der Waals surface area contributed by atoms with E-state index >= 15 is 0 Å². The molecule has 14 heteroatoms. The highest BCUT2D eigenvalue weighted by molar-refractivity contribution is 5.77. The summed E-state index contributed by atoms with van der Waals surface area (Å²) in [7, 11) is 3.67. The Labute approximate surface area is 234 Å². The summed E-state index contributed by atoms with van der Waals surface area (Å²) < 4.78 is 63.5. The number of halogens is 6. The van der Waals surface area contributed by atoms with Crippen LogP contribution in [0.3, 0.4) is 0 Å². The molecule has 1 spiro atoms. The lowest BCUT2D eigenvalue weighted by Gasteiger charge is -2.59. The molecule has 8 nitrogen and oxygen atoms in total. The molecular weight excluding hydrogens is 560 g/mol. The van der Waals surface area contributed by atoms with Gasteiger partial charge in [-0.2, -0.15) is 26.3 Å². The Bertz CT molecular complexity index is 1050. The summed E-state index contributed by atoms with van der Waals surface area (Å²) in [6, 6.07) is 12.1. The first-order valence-corrected chi connectivity index (χ1v) is 12.9. The van der Waals surface area contributed by atoms with Gasteiger partial charge in [-0.15, -0.1) is 0 Å². The van der Waals surface area contributed by atoms with Gasteiger partial charge >= 0.3 is 24.3 Å². The van der Waals surface area contributed by atoms with Crippen molar-refractivity contribution >= 4 is 23.9 Å². The van der Waals surface area contributed by atoms with E-state index in [0.717, 1.165) is 25.4 Å². The van der Waals surface area contributed by atoms with E-state index in [1.165, 1.54) is 24.8 Å². The monoisotopic (exact) mass is 595 g/mol. The molecule has 3 aliphatic rings. The highest BCUT2D eigenvalue weighted by Gasteiger charge is 2.54. The fraction of sp³-hybridized carbons (Fsp3) is 0.593. The molecule has 1 amide bonds. The van der Waals surface area contributed by atoms with Gasteiger partial charge in [0, 0.05) is 39.3 Å². The van der Waals surface area contributed by atoms with Crippen LogP contribution in [-0.2, 0) is 14.4 Å². The van der Waals surface area contributed by atoms with Crippen LogP contribution in [0.15, 0.2) is 35.9 Å². The van der Waals surface area contributed by atoms with Crippen molar-refractivity contribution in [1.29, 1.82) is 0 Å². The van der Waals surface area contributed by atoms with Gasteiger partial charge in [0.1, 0.15) is 0 Å². The zero-order valence-corrected chi connectivity index (χ0v) is 22.9. The first-order chi connectivity index (χ1) is 18.9. The molecule has 0 aromatic heterocycles. The van der Waals surface area contributed by atoms with E-state index in [9.17, 15) is 31.1 Å². The molecule has 1 heterocycles. The van der Waals surface area contributed by atoms with Gasteiger partial charge in [-0.25, -0.2) is 9.59 Å². The van der Waals surface area contributed by atoms with Crippen LogP contribution in [-0.4, -0.2) is 96.0 Å². The number of aliphatic carboxylic acids is 2. The first-order valence-electron chi connectivity index (χ1n) is 12.9. The predicted molar refractivity (Wildman–Crippen MR) is 138 cm³/mol. The molecule has 4 rings (SSSR count). The Kier molecular flexibility index (Phi) is 11.4. The van der Waals surface area contributed by atoms with Crippen molar-refractivity contribution in [2.75, 3.05) is 33.7 Å². The van der Waals surface area contributed by atoms with Gasteiger partial charge in [-0.1, -0.05) is 48.9 Å². The quantitative estimate of drug-likeness (QED) is 0.404. The van der Waals surface area contributed by atoms with Crippen LogP contribution in [0.2, 0.25) is 0 Å². The second kappa shape index (κ2) is 13.7. The summed E-state index contributed by atoms with van der Waals surface area (Å²) >= 11 is 0. The number of carbonyl (C=O) groups is 3. The summed E-state index contributed by atoms with van der Waals surface area (Å²) in [6.45, 7) is 5.07. The topological polar surface area (TPSA) is 110 Å². The van der Waals surface area contributed by atoms with E-state index in [2.05, 4.69) is 53.5 Å². The van der Waals surface area contributed by atoms with E-state index in [1.54, 1.807) is 10.5 Å². The first kappa shape index (κ1) is 34.1. The van der Waals surface area contributed by atoms with Crippen molar-refractivity contribution in [1.82, 2.24) is 15.1 Å². The van der Waals surface area contributed by atoms with Crippen LogP contribution in [0.5, 0.6) is 0 Å². The fourth-order valence-corrected chi connectivity index (χ4v) is 5.03. The van der Waals surface area contributed by atoms with Crippen molar-refractivity contribution in [2.45, 2.75) is 57.0 Å². The maximum Gasteiger partial charge on any atom is 0.490 e. The number of hydrogen-bond acceptors (Lipinski definition) is 5. The molecular formula is C27H35F6N3O5. The molecule has 2 atom stereocenters. The Hall–Kier alpha value is -3.13. The van der Waals surface area contributed by atoms with Crippen molar-refractivity contribution in [3.8, 4) is 0 Å². The molecule has 0 bridgehead atoms. The third-order valence-corrected chi connectivity index (χ3v) is 7.10. The van der Waals surface area contributed by atoms with Crippen LogP contribution < -0.4 is 5.32 Å². The minimum absolute atomic E-state index is 0.219. The number of carboxylic acid groups (broad SMARTS) is 2. The lowest BCUT2D eigenvalue weighted by atomic mass is 9.60. The maximum absolute atomic E-state index is 11.8. The number of hydrogen-bond donors (Lipinski definition) is 3. The van der Waals surface area contributed by atoms with E-state index in [4.69, 9.17) is 19.8 Å². The number of carboxylic acids is 2. The Balaban J connectivity index is 0.000000349. The fourth-order valence-electron chi connectivity index (χ4n) is 5.03. The zero-order valence-electron chi connectivity index (χ0n) is 22.9. The van der Waals surface area contributed by atoms with Gasteiger partial charge in [0.2, 0.25) is 5.91 Å². The van der Waals surface area contributed by atoms with Gasteiger partial charge in [-0.05, 0) is 42.6 Å². The molecule has 1 aromatic rings. The number of likely N-dealkylation sites (tertiary alicyclic amines) is 1. The molecule has 0 unspecified atom stereocenters. The predicted octanol–water partition coefficient (Wildman–Crippen LogP) is 4.28. The van der Waals surface area contributed by atoms with E-state index in [0.29, 0.717) is 24.0 Å². The van der Waals surface area contributed by atoms with E-state index in [1.807, 2.05) is 14.1 Å². The van der Waals surface area contributed by atoms with Crippen LogP contribution in [0.25, 0.3) is 6.08 Å². The largest absolute Gasteiger partial charge is 0.490 e. The van der Waals surface area contributed by atoms with Gasteiger partial charge in [0.25, 0.3) is 0 Å². The molecule has 3 fully saturated rings. The summed E-state index contributed by atoms with van der Waals surface area (Å²) in [5.41, 5.74) is 3.41. The smallest absolute Gasteiger partial charge is 0.475 e. The standard InChI is InChI=1S/C23H33N3O.2C2HF3O2/c1-4-18(10-17-8-6-5-7-9-17)20-11-21(20)24-19-12-23(13-19)15-26(16-23)14-22(27)25(2)3;2*3-2(4,5)1(6)7/h5-10,19-21,24H,4,11-16H2,1-3H3;2*(H,6,7)/b18-10+;;/t20-,21+;;/m0../s1. The van der Waals surface area contributed by atoms with Crippen LogP contribution >= 0.6 is 0 Å². The van der Waals surface area contributed by atoms with Gasteiger partial charge in [-0.3, -0.25) is 9.69 Å². The molecule has 0 radical (unpaired) electrons. The second-order valence-electron chi connectivity index (χ2n) is 10.7. The summed E-state index contributed by atoms with van der Waals surface area (Å²) in [6.07, 6.45) is -2.78. The third kappa shape index (κ3) is 10.7. The Morgan fingerprint density at radius 1 is 1.00 bits per heavy atom. The molecule has 1 aromatic carbocycles. The molecule has 2 aliphatic carbocycles. The maximum atomic E-state index is 11.8. The number of nitrogens with one attached hydrogen (secondary N) is 1. The van der Waals surface area contributed by atoms with Gasteiger partial charge < -0.3 is 20.4 Å². The van der Waals surface area contributed by atoms with Crippen molar-refractivity contribution in [2.24, 2.45) is 11.3 Å². The lowest BCUT2D eigenvalue weighted by molar-refractivity contribution is -0.193. The Morgan fingerprint density at radius 2 is 1.49 bits per heavy atom. The number of alkyl halides is 6. The molecule has 230 valence electrons. The second-order valence-corrected chi connectivity index (χ2v) is 10.7. The molecule has 41 heavy (non-hydrogen) atoms. The number of amides is 1. The number of nitrogens with zero attached hydrogens (tertiary/aromatic N) is 2. The minimum Gasteiger partial charge on any atom is -0.475 e. The zero-order chi connectivity index (χ0) is 31.2. The highest BCUT2D eigenvalue weighted by Crippen LogP contribution is 2.50. The van der Waals surface area contributed by atoms with Crippen LogP contribution in [0.4, 0.5) is 26.3 Å². The van der Waals surface area contributed by atoms with Crippen molar-refractivity contribution in [3.05, 3.63) is 41.5 Å². The van der Waals surface area contributed by atoms with Crippen LogP contribution in [0.1, 0.15) is 38.2 Å². The number of benzene rings is 1. The SMILES string of the molecule is CC/C(=C\c1ccccc1)[C@@H]1C[C@H]1NC1CC2(C1)CN(CC(=O)N(C)C)C2.O=C(O)C(F)(F)F.O=C(O)C(F)(F)F. The number of carbonyl (C=O) groups excluding carboxylic acids is 1. The molecule has 1 aliphatic heterocycles. The average Bonchev–Trinajstić information content (AvgIpc) is 3.58. The van der Waals surface area contributed by atoms with E-state index in [-0.39, 0.29) is 5.91 Å². The summed E-state index contributed by atoms with van der Waals surface area (Å²) in [4.78, 5) is 33.6. The van der Waals surface area contributed by atoms with E-state index < -0.39 is 24.3 Å². The summed E-state index contributed by atoms with van der Waals surface area (Å²) in [5, 5.41) is 18.2.